The summed E-state index contributed by atoms with van der Waals surface area (Å²) in [6, 6.07) is 4.26. The number of thiophene rings is 1. The number of nitrogens with one attached hydrogen (secondary N) is 1. The molecule has 27 heavy (non-hydrogen) atoms. The van der Waals surface area contributed by atoms with E-state index in [9.17, 15) is 9.18 Å². The zero-order valence-electron chi connectivity index (χ0n) is 14.5. The molecule has 1 amide bonds. The predicted octanol–water partition coefficient (Wildman–Crippen LogP) is 3.15. The third-order valence-electron chi connectivity index (χ3n) is 4.33. The second-order valence-electron chi connectivity index (χ2n) is 6.19. The van der Waals surface area contributed by atoms with Crippen LogP contribution in [0.1, 0.15) is 21.7 Å². The highest BCUT2D eigenvalue weighted by molar-refractivity contribution is 7.20. The molecule has 1 atom stereocenters. The van der Waals surface area contributed by atoms with Gasteiger partial charge in [0.15, 0.2) is 0 Å². The Hall–Kier alpha value is -2.78. The van der Waals surface area contributed by atoms with Gasteiger partial charge in [-0.05, 0) is 24.6 Å². The summed E-state index contributed by atoms with van der Waals surface area (Å²) in [6.45, 7) is 2.89. The SMILES string of the molecule is Cc1c(C(N)=O)sc2ncnc(Nc3ccc(F)cc3O[C@H]3CCOC3)c12. The van der Waals surface area contributed by atoms with Crippen molar-refractivity contribution >= 4 is 39.0 Å². The largest absolute Gasteiger partial charge is 0.486 e. The van der Waals surface area contributed by atoms with E-state index in [1.165, 1.54) is 29.8 Å². The molecule has 3 heterocycles. The molecule has 140 valence electrons. The van der Waals surface area contributed by atoms with Gasteiger partial charge in [-0.3, -0.25) is 4.79 Å². The van der Waals surface area contributed by atoms with Crippen molar-refractivity contribution in [2.45, 2.75) is 19.4 Å². The van der Waals surface area contributed by atoms with Crippen molar-refractivity contribution in [2.75, 3.05) is 18.5 Å². The van der Waals surface area contributed by atoms with Gasteiger partial charge in [0.1, 0.15) is 34.6 Å². The first-order valence-electron chi connectivity index (χ1n) is 8.38. The number of anilines is 2. The summed E-state index contributed by atoms with van der Waals surface area (Å²) < 4.78 is 25.0. The lowest BCUT2D eigenvalue weighted by molar-refractivity contribution is 0.100. The van der Waals surface area contributed by atoms with Crippen molar-refractivity contribution < 1.29 is 18.7 Å². The summed E-state index contributed by atoms with van der Waals surface area (Å²) in [6.07, 6.45) is 2.03. The molecule has 0 saturated carbocycles. The maximum atomic E-state index is 13.8. The van der Waals surface area contributed by atoms with Crippen LogP contribution in [0, 0.1) is 12.7 Å². The number of aryl methyl sites for hydroxylation is 1. The molecule has 7 nitrogen and oxygen atoms in total. The molecule has 1 aliphatic heterocycles. The summed E-state index contributed by atoms with van der Waals surface area (Å²) in [7, 11) is 0. The maximum absolute atomic E-state index is 13.8. The van der Waals surface area contributed by atoms with Gasteiger partial charge >= 0.3 is 0 Å². The smallest absolute Gasteiger partial charge is 0.259 e. The highest BCUT2D eigenvalue weighted by atomic mass is 32.1. The van der Waals surface area contributed by atoms with Crippen LogP contribution >= 0.6 is 11.3 Å². The molecule has 1 fully saturated rings. The quantitative estimate of drug-likeness (QED) is 0.697. The molecule has 0 radical (unpaired) electrons. The predicted molar refractivity (Wildman–Crippen MR) is 100 cm³/mol. The molecule has 9 heteroatoms. The molecule has 1 aliphatic rings. The number of nitrogens with two attached hydrogens (primary N) is 1. The first-order chi connectivity index (χ1) is 13.0. The number of nitrogens with zero attached hydrogens (tertiary/aromatic N) is 2. The molecule has 1 saturated heterocycles. The van der Waals surface area contributed by atoms with E-state index in [2.05, 4.69) is 15.3 Å². The fraction of sp³-hybridized carbons (Fsp3) is 0.278. The monoisotopic (exact) mass is 388 g/mol. The topological polar surface area (TPSA) is 99.4 Å². The van der Waals surface area contributed by atoms with Crippen LogP contribution in [0.5, 0.6) is 5.75 Å². The minimum Gasteiger partial charge on any atom is -0.486 e. The van der Waals surface area contributed by atoms with Gasteiger partial charge in [0.25, 0.3) is 5.91 Å². The van der Waals surface area contributed by atoms with Crippen molar-refractivity contribution in [3.63, 3.8) is 0 Å². The van der Waals surface area contributed by atoms with Gasteiger partial charge in [-0.25, -0.2) is 14.4 Å². The number of ether oxygens (including phenoxy) is 2. The summed E-state index contributed by atoms with van der Waals surface area (Å²) in [5.74, 6) is -0.0285. The Morgan fingerprint density at radius 1 is 1.44 bits per heavy atom. The molecule has 3 N–H and O–H groups in total. The molecule has 3 aromatic rings. The number of carbonyl (C=O) groups is 1. The van der Waals surface area contributed by atoms with Crippen LogP contribution in [0.25, 0.3) is 10.2 Å². The van der Waals surface area contributed by atoms with E-state index in [-0.39, 0.29) is 6.10 Å². The summed E-state index contributed by atoms with van der Waals surface area (Å²) in [4.78, 5) is 21.2. The minimum absolute atomic E-state index is 0.123. The summed E-state index contributed by atoms with van der Waals surface area (Å²) in [5.41, 5.74) is 6.71. The lowest BCUT2D eigenvalue weighted by Crippen LogP contribution is -2.16. The molecular weight excluding hydrogens is 371 g/mol. The molecule has 1 aromatic carbocycles. The number of rotatable bonds is 5. The zero-order valence-corrected chi connectivity index (χ0v) is 15.3. The van der Waals surface area contributed by atoms with Gasteiger partial charge in [-0.1, -0.05) is 0 Å². The Kier molecular flexibility index (Phi) is 4.63. The number of aromatic nitrogens is 2. The third-order valence-corrected chi connectivity index (χ3v) is 5.54. The van der Waals surface area contributed by atoms with E-state index in [0.29, 0.717) is 51.1 Å². The zero-order chi connectivity index (χ0) is 19.0. The van der Waals surface area contributed by atoms with Crippen LogP contribution in [0.2, 0.25) is 0 Å². The van der Waals surface area contributed by atoms with Gasteiger partial charge in [0.2, 0.25) is 0 Å². The van der Waals surface area contributed by atoms with Crippen molar-refractivity contribution in [1.29, 1.82) is 0 Å². The van der Waals surface area contributed by atoms with Crippen LogP contribution in [0.4, 0.5) is 15.9 Å². The highest BCUT2D eigenvalue weighted by Gasteiger charge is 2.21. The standard InChI is InChI=1S/C18H17FN4O3S/c1-9-14-17(21-8-22-18(14)27-15(9)16(20)24)23-12-3-2-10(19)6-13(12)26-11-4-5-25-7-11/h2-3,6,8,11H,4-5,7H2,1H3,(H2,20,24)(H,21,22,23)/t11-/m0/s1. The van der Waals surface area contributed by atoms with E-state index < -0.39 is 11.7 Å². The molecule has 0 spiro atoms. The second kappa shape index (κ2) is 7.09. The number of hydrogen-bond acceptors (Lipinski definition) is 7. The Bertz CT molecular complexity index is 1020. The van der Waals surface area contributed by atoms with Crippen molar-refractivity contribution in [3.05, 3.63) is 40.8 Å². The van der Waals surface area contributed by atoms with E-state index in [1.54, 1.807) is 13.0 Å². The van der Waals surface area contributed by atoms with Gasteiger partial charge in [0.05, 0.1) is 29.2 Å². The second-order valence-corrected chi connectivity index (χ2v) is 7.19. The fourth-order valence-electron chi connectivity index (χ4n) is 3.01. The van der Waals surface area contributed by atoms with Crippen LogP contribution in [0.15, 0.2) is 24.5 Å². The van der Waals surface area contributed by atoms with Gasteiger partial charge < -0.3 is 20.5 Å². The van der Waals surface area contributed by atoms with Gasteiger partial charge in [0, 0.05) is 12.5 Å². The highest BCUT2D eigenvalue weighted by Crippen LogP contribution is 2.36. The first-order valence-corrected chi connectivity index (χ1v) is 9.19. The Balaban J connectivity index is 1.73. The van der Waals surface area contributed by atoms with Crippen molar-refractivity contribution in [1.82, 2.24) is 9.97 Å². The molecule has 2 aromatic heterocycles. The number of hydrogen-bond donors (Lipinski definition) is 2. The molecule has 0 unspecified atom stereocenters. The average molecular weight is 388 g/mol. The summed E-state index contributed by atoms with van der Waals surface area (Å²) in [5, 5.41) is 3.89. The van der Waals surface area contributed by atoms with Gasteiger partial charge in [-0.2, -0.15) is 0 Å². The van der Waals surface area contributed by atoms with Crippen LogP contribution < -0.4 is 15.8 Å². The Labute approximate surface area is 158 Å². The maximum Gasteiger partial charge on any atom is 0.259 e. The number of carbonyl (C=O) groups excluding carboxylic acids is 1. The van der Waals surface area contributed by atoms with Crippen LogP contribution in [-0.2, 0) is 4.74 Å². The number of amides is 1. The number of halogens is 1. The lowest BCUT2D eigenvalue weighted by Gasteiger charge is -2.17. The average Bonchev–Trinajstić information content (AvgIpc) is 3.26. The molecule has 4 rings (SSSR count). The van der Waals surface area contributed by atoms with E-state index in [1.807, 2.05) is 0 Å². The van der Waals surface area contributed by atoms with Gasteiger partial charge in [-0.15, -0.1) is 11.3 Å². The lowest BCUT2D eigenvalue weighted by atomic mass is 10.2. The van der Waals surface area contributed by atoms with Crippen LogP contribution in [-0.4, -0.2) is 35.2 Å². The Morgan fingerprint density at radius 3 is 3.04 bits per heavy atom. The number of primary amides is 1. The first kappa shape index (κ1) is 17.6. The van der Waals surface area contributed by atoms with E-state index in [4.69, 9.17) is 15.2 Å². The Morgan fingerprint density at radius 2 is 2.30 bits per heavy atom. The van der Waals surface area contributed by atoms with Crippen molar-refractivity contribution in [3.8, 4) is 5.75 Å². The van der Waals surface area contributed by atoms with E-state index >= 15 is 0 Å². The summed E-state index contributed by atoms with van der Waals surface area (Å²) >= 11 is 1.22. The molecule has 0 bridgehead atoms. The van der Waals surface area contributed by atoms with E-state index in [0.717, 1.165) is 6.42 Å². The number of benzene rings is 1. The minimum atomic E-state index is -0.506. The molecular formula is C18H17FN4O3S. The molecule has 0 aliphatic carbocycles. The fourth-order valence-corrected chi connectivity index (χ4v) is 4.01. The normalized spacial score (nSPS) is 16.6. The third kappa shape index (κ3) is 3.43. The van der Waals surface area contributed by atoms with Crippen molar-refractivity contribution in [2.24, 2.45) is 5.73 Å². The number of fused-ring (bicyclic) bond motifs is 1. The van der Waals surface area contributed by atoms with Crippen LogP contribution in [0.3, 0.4) is 0 Å².